The summed E-state index contributed by atoms with van der Waals surface area (Å²) in [5.41, 5.74) is 7.29. The van der Waals surface area contributed by atoms with Crippen molar-refractivity contribution in [2.75, 3.05) is 7.11 Å². The van der Waals surface area contributed by atoms with E-state index in [9.17, 15) is 0 Å². The van der Waals surface area contributed by atoms with Crippen molar-refractivity contribution in [2.24, 2.45) is 5.73 Å². The number of ether oxygens (including phenoxy) is 1. The van der Waals surface area contributed by atoms with Crippen molar-refractivity contribution in [1.82, 2.24) is 4.98 Å². The van der Waals surface area contributed by atoms with Gasteiger partial charge in [-0.3, -0.25) is 0 Å². The lowest BCUT2D eigenvalue weighted by molar-refractivity contribution is 0.416. The maximum absolute atomic E-state index is 6.24. The van der Waals surface area contributed by atoms with Crippen LogP contribution in [-0.2, 0) is 6.42 Å². The fourth-order valence-electron chi connectivity index (χ4n) is 1.93. The molecule has 19 heavy (non-hydrogen) atoms. The standard InChI is InChI=1S/C14H14N2OS2/c1-17-9-6-13(18-8-9)10(15)7-14-16-11-4-2-3-5-12(11)19-14/h2-6,8,10H,7,15H2,1H3. The van der Waals surface area contributed by atoms with E-state index >= 15 is 0 Å². The number of nitrogens with two attached hydrogens (primary N) is 1. The van der Waals surface area contributed by atoms with Gasteiger partial charge >= 0.3 is 0 Å². The van der Waals surface area contributed by atoms with Crippen LogP contribution in [0, 0.1) is 0 Å². The average Bonchev–Trinajstić information content (AvgIpc) is 3.04. The Kier molecular flexibility index (Phi) is 3.50. The minimum absolute atomic E-state index is 0.0190. The van der Waals surface area contributed by atoms with E-state index in [2.05, 4.69) is 11.1 Å². The quantitative estimate of drug-likeness (QED) is 0.798. The van der Waals surface area contributed by atoms with Crippen molar-refractivity contribution >= 4 is 32.9 Å². The molecule has 1 atom stereocenters. The number of benzene rings is 1. The van der Waals surface area contributed by atoms with Gasteiger partial charge in [0.05, 0.1) is 22.3 Å². The molecule has 0 amide bonds. The first-order chi connectivity index (χ1) is 9.26. The highest BCUT2D eigenvalue weighted by molar-refractivity contribution is 7.18. The summed E-state index contributed by atoms with van der Waals surface area (Å²) in [5, 5.41) is 3.06. The Morgan fingerprint density at radius 3 is 2.95 bits per heavy atom. The Labute approximate surface area is 119 Å². The van der Waals surface area contributed by atoms with Crippen molar-refractivity contribution < 1.29 is 4.74 Å². The van der Waals surface area contributed by atoms with Gasteiger partial charge in [0.1, 0.15) is 5.75 Å². The monoisotopic (exact) mass is 290 g/mol. The lowest BCUT2D eigenvalue weighted by Crippen LogP contribution is -2.11. The van der Waals surface area contributed by atoms with E-state index in [4.69, 9.17) is 10.5 Å². The molecule has 2 heterocycles. The van der Waals surface area contributed by atoms with Gasteiger partial charge in [0, 0.05) is 22.7 Å². The first-order valence-electron chi connectivity index (χ1n) is 5.98. The van der Waals surface area contributed by atoms with Gasteiger partial charge in [-0.1, -0.05) is 12.1 Å². The molecule has 1 aromatic carbocycles. The molecular formula is C14H14N2OS2. The third-order valence-corrected chi connectivity index (χ3v) is 5.03. The van der Waals surface area contributed by atoms with Crippen LogP contribution in [0.2, 0.25) is 0 Å². The van der Waals surface area contributed by atoms with E-state index in [-0.39, 0.29) is 6.04 Å². The lowest BCUT2D eigenvalue weighted by atomic mass is 10.2. The number of hydrogen-bond acceptors (Lipinski definition) is 5. The number of para-hydroxylation sites is 1. The van der Waals surface area contributed by atoms with E-state index in [1.54, 1.807) is 29.8 Å². The summed E-state index contributed by atoms with van der Waals surface area (Å²) < 4.78 is 6.40. The fraction of sp³-hybridized carbons (Fsp3) is 0.214. The van der Waals surface area contributed by atoms with Gasteiger partial charge in [0.2, 0.25) is 0 Å². The summed E-state index contributed by atoms with van der Waals surface area (Å²) in [4.78, 5) is 5.75. The SMILES string of the molecule is COc1csc(C(N)Cc2nc3ccccc3s2)c1. The molecule has 0 saturated heterocycles. The summed E-state index contributed by atoms with van der Waals surface area (Å²) in [6.07, 6.45) is 0.767. The van der Waals surface area contributed by atoms with E-state index in [0.717, 1.165) is 27.6 Å². The smallest absolute Gasteiger partial charge is 0.129 e. The fourth-order valence-corrected chi connectivity index (χ4v) is 3.82. The molecule has 0 aliphatic carbocycles. The molecule has 0 aliphatic rings. The van der Waals surface area contributed by atoms with Crippen LogP contribution in [0.25, 0.3) is 10.2 Å². The Balaban J connectivity index is 1.80. The molecule has 3 rings (SSSR count). The molecule has 3 nitrogen and oxygen atoms in total. The molecule has 1 unspecified atom stereocenters. The number of rotatable bonds is 4. The highest BCUT2D eigenvalue weighted by Gasteiger charge is 2.13. The maximum Gasteiger partial charge on any atom is 0.129 e. The van der Waals surface area contributed by atoms with Crippen molar-refractivity contribution in [3.63, 3.8) is 0 Å². The van der Waals surface area contributed by atoms with Crippen LogP contribution >= 0.6 is 22.7 Å². The summed E-state index contributed by atoms with van der Waals surface area (Å²) in [5.74, 6) is 0.875. The Morgan fingerprint density at radius 1 is 1.37 bits per heavy atom. The number of methoxy groups -OCH3 is 1. The van der Waals surface area contributed by atoms with Crippen molar-refractivity contribution in [3.8, 4) is 5.75 Å². The summed E-state index contributed by atoms with van der Waals surface area (Å²) in [6, 6.07) is 10.2. The van der Waals surface area contributed by atoms with E-state index < -0.39 is 0 Å². The number of fused-ring (bicyclic) bond motifs is 1. The maximum atomic E-state index is 6.24. The summed E-state index contributed by atoms with van der Waals surface area (Å²) >= 11 is 3.35. The zero-order valence-electron chi connectivity index (χ0n) is 10.5. The topological polar surface area (TPSA) is 48.1 Å². The van der Waals surface area contributed by atoms with E-state index in [0.29, 0.717) is 0 Å². The molecule has 98 valence electrons. The second-order valence-electron chi connectivity index (χ2n) is 4.27. The van der Waals surface area contributed by atoms with Crippen LogP contribution in [-0.4, -0.2) is 12.1 Å². The van der Waals surface area contributed by atoms with Crippen molar-refractivity contribution in [3.05, 3.63) is 45.6 Å². The van der Waals surface area contributed by atoms with Gasteiger partial charge in [-0.2, -0.15) is 0 Å². The molecule has 5 heteroatoms. The molecule has 0 bridgehead atoms. The van der Waals surface area contributed by atoms with Crippen LogP contribution in [0.5, 0.6) is 5.75 Å². The number of aromatic nitrogens is 1. The highest BCUT2D eigenvalue weighted by Crippen LogP contribution is 2.29. The van der Waals surface area contributed by atoms with Gasteiger partial charge in [-0.15, -0.1) is 22.7 Å². The molecule has 3 aromatic rings. The van der Waals surface area contributed by atoms with Crippen LogP contribution in [0.15, 0.2) is 35.7 Å². The van der Waals surface area contributed by atoms with Gasteiger partial charge in [0.25, 0.3) is 0 Å². The van der Waals surface area contributed by atoms with Crippen LogP contribution in [0.3, 0.4) is 0 Å². The van der Waals surface area contributed by atoms with Gasteiger partial charge in [0.15, 0.2) is 0 Å². The van der Waals surface area contributed by atoms with Gasteiger partial charge in [-0.25, -0.2) is 4.98 Å². The summed E-state index contributed by atoms with van der Waals surface area (Å²) in [6.45, 7) is 0. The molecular weight excluding hydrogens is 276 g/mol. The number of thiazole rings is 1. The van der Waals surface area contributed by atoms with Gasteiger partial charge in [-0.05, 0) is 18.2 Å². The zero-order valence-corrected chi connectivity index (χ0v) is 12.1. The largest absolute Gasteiger partial charge is 0.496 e. The molecule has 0 fully saturated rings. The first kappa shape index (κ1) is 12.6. The van der Waals surface area contributed by atoms with E-state index in [1.165, 1.54) is 4.70 Å². The number of hydrogen-bond donors (Lipinski definition) is 1. The Morgan fingerprint density at radius 2 is 2.21 bits per heavy atom. The number of nitrogens with zero attached hydrogens (tertiary/aromatic N) is 1. The minimum Gasteiger partial charge on any atom is -0.496 e. The van der Waals surface area contributed by atoms with Gasteiger partial charge < -0.3 is 10.5 Å². The van der Waals surface area contributed by atoms with Crippen LogP contribution < -0.4 is 10.5 Å². The second kappa shape index (κ2) is 5.28. The zero-order chi connectivity index (χ0) is 13.2. The van der Waals surface area contributed by atoms with E-state index in [1.807, 2.05) is 29.6 Å². The molecule has 2 aromatic heterocycles. The molecule has 0 saturated carbocycles. The molecule has 0 aliphatic heterocycles. The normalized spacial score (nSPS) is 12.7. The van der Waals surface area contributed by atoms with Crippen LogP contribution in [0.4, 0.5) is 0 Å². The molecule has 2 N–H and O–H groups in total. The summed E-state index contributed by atoms with van der Waals surface area (Å²) in [7, 11) is 1.67. The van der Waals surface area contributed by atoms with Crippen molar-refractivity contribution in [2.45, 2.75) is 12.5 Å². The Bertz CT molecular complexity index is 656. The third kappa shape index (κ3) is 2.63. The highest BCUT2D eigenvalue weighted by atomic mass is 32.1. The third-order valence-electron chi connectivity index (χ3n) is 2.93. The number of thiophene rings is 1. The predicted molar refractivity (Wildman–Crippen MR) is 81.1 cm³/mol. The minimum atomic E-state index is -0.0190. The Hall–Kier alpha value is -1.43. The second-order valence-corrected chi connectivity index (χ2v) is 6.33. The average molecular weight is 290 g/mol. The molecule has 0 radical (unpaired) electrons. The molecule has 0 spiro atoms. The lowest BCUT2D eigenvalue weighted by Gasteiger charge is -2.06. The predicted octanol–water partition coefficient (Wildman–Crippen LogP) is 3.61. The van der Waals surface area contributed by atoms with Crippen molar-refractivity contribution in [1.29, 1.82) is 0 Å². The first-order valence-corrected chi connectivity index (χ1v) is 7.68. The van der Waals surface area contributed by atoms with Crippen LogP contribution in [0.1, 0.15) is 15.9 Å².